The maximum atomic E-state index is 12.4. The number of carbonyl (C=O) groups excluding carboxylic acids is 1. The van der Waals surface area contributed by atoms with E-state index in [-0.39, 0.29) is 11.9 Å². The highest BCUT2D eigenvalue weighted by Crippen LogP contribution is 2.19. The van der Waals surface area contributed by atoms with Crippen LogP contribution in [0.1, 0.15) is 26.2 Å². The topological polar surface area (TPSA) is 64.1 Å². The molecule has 0 aliphatic carbocycles. The standard InChI is InChI=1S/C14H25N3O3/c1-2-5-15-8-10-17(11-9-15)14(20)16-6-3-12(4-7-16)13(18)19/h12H,2-11H2,1H3,(H,18,19). The van der Waals surface area contributed by atoms with Gasteiger partial charge < -0.3 is 14.9 Å². The maximum absolute atomic E-state index is 12.4. The third kappa shape index (κ3) is 3.62. The monoisotopic (exact) mass is 283 g/mol. The van der Waals surface area contributed by atoms with Gasteiger partial charge in [0.15, 0.2) is 0 Å². The van der Waals surface area contributed by atoms with E-state index < -0.39 is 5.97 Å². The second-order valence-electron chi connectivity index (χ2n) is 5.71. The minimum Gasteiger partial charge on any atom is -0.481 e. The lowest BCUT2D eigenvalue weighted by Crippen LogP contribution is -2.54. The van der Waals surface area contributed by atoms with Crippen molar-refractivity contribution in [3.05, 3.63) is 0 Å². The quantitative estimate of drug-likeness (QED) is 0.837. The Hall–Kier alpha value is -1.30. The van der Waals surface area contributed by atoms with Crippen LogP contribution in [0.5, 0.6) is 0 Å². The van der Waals surface area contributed by atoms with Gasteiger partial charge in [-0.25, -0.2) is 4.79 Å². The first-order valence-electron chi connectivity index (χ1n) is 7.60. The Morgan fingerprint density at radius 2 is 1.55 bits per heavy atom. The first kappa shape index (κ1) is 15.1. The Bertz CT molecular complexity index is 346. The summed E-state index contributed by atoms with van der Waals surface area (Å²) >= 11 is 0. The van der Waals surface area contributed by atoms with Crippen molar-refractivity contribution < 1.29 is 14.7 Å². The number of carboxylic acids is 1. The van der Waals surface area contributed by atoms with E-state index in [1.807, 2.05) is 9.80 Å². The normalized spacial score (nSPS) is 22.1. The number of amides is 2. The van der Waals surface area contributed by atoms with Gasteiger partial charge >= 0.3 is 12.0 Å². The van der Waals surface area contributed by atoms with Gasteiger partial charge in [-0.2, -0.15) is 0 Å². The zero-order valence-corrected chi connectivity index (χ0v) is 12.3. The maximum Gasteiger partial charge on any atom is 0.320 e. The molecule has 20 heavy (non-hydrogen) atoms. The Labute approximate surface area is 120 Å². The fraction of sp³-hybridized carbons (Fsp3) is 0.857. The summed E-state index contributed by atoms with van der Waals surface area (Å²) in [4.78, 5) is 29.4. The molecule has 0 unspecified atom stereocenters. The molecule has 2 heterocycles. The third-order valence-electron chi connectivity index (χ3n) is 4.30. The van der Waals surface area contributed by atoms with Gasteiger partial charge in [-0.15, -0.1) is 0 Å². The molecule has 2 amide bonds. The molecule has 0 atom stereocenters. The second kappa shape index (κ2) is 6.92. The fourth-order valence-corrected chi connectivity index (χ4v) is 3.00. The molecule has 0 bridgehead atoms. The Kier molecular flexibility index (Phi) is 5.23. The molecule has 2 aliphatic rings. The molecule has 0 aromatic heterocycles. The van der Waals surface area contributed by atoms with Crippen molar-refractivity contribution in [2.75, 3.05) is 45.8 Å². The van der Waals surface area contributed by atoms with Crippen molar-refractivity contribution in [2.24, 2.45) is 5.92 Å². The minimum atomic E-state index is -0.731. The average molecular weight is 283 g/mol. The van der Waals surface area contributed by atoms with E-state index >= 15 is 0 Å². The molecule has 0 radical (unpaired) electrons. The molecule has 2 aliphatic heterocycles. The summed E-state index contributed by atoms with van der Waals surface area (Å²) in [6.45, 7) is 7.90. The van der Waals surface area contributed by atoms with Crippen molar-refractivity contribution >= 4 is 12.0 Å². The number of piperidine rings is 1. The highest BCUT2D eigenvalue weighted by Gasteiger charge is 2.30. The first-order chi connectivity index (χ1) is 9.61. The van der Waals surface area contributed by atoms with Gasteiger partial charge in [0, 0.05) is 39.3 Å². The van der Waals surface area contributed by atoms with Crippen LogP contribution in [-0.2, 0) is 4.79 Å². The summed E-state index contributed by atoms with van der Waals surface area (Å²) in [5.41, 5.74) is 0. The third-order valence-corrected chi connectivity index (χ3v) is 4.30. The molecule has 0 aromatic rings. The SMILES string of the molecule is CCCN1CCN(C(=O)N2CCC(C(=O)O)CC2)CC1. The van der Waals surface area contributed by atoms with Gasteiger partial charge in [0.2, 0.25) is 0 Å². The molecular formula is C14H25N3O3. The molecule has 0 saturated carbocycles. The van der Waals surface area contributed by atoms with Gasteiger partial charge in [-0.1, -0.05) is 6.92 Å². The Morgan fingerprint density at radius 1 is 1.00 bits per heavy atom. The number of urea groups is 1. The van der Waals surface area contributed by atoms with Crippen molar-refractivity contribution in [1.82, 2.24) is 14.7 Å². The van der Waals surface area contributed by atoms with Gasteiger partial charge in [0.05, 0.1) is 5.92 Å². The van der Waals surface area contributed by atoms with Crippen LogP contribution in [-0.4, -0.2) is 77.6 Å². The highest BCUT2D eigenvalue weighted by atomic mass is 16.4. The zero-order valence-electron chi connectivity index (χ0n) is 12.3. The molecule has 2 rings (SSSR count). The Morgan fingerprint density at radius 3 is 2.05 bits per heavy atom. The van der Waals surface area contributed by atoms with Gasteiger partial charge in [-0.3, -0.25) is 9.69 Å². The summed E-state index contributed by atoms with van der Waals surface area (Å²) in [6, 6.07) is 0.0880. The van der Waals surface area contributed by atoms with Crippen LogP contribution in [0.25, 0.3) is 0 Å². The van der Waals surface area contributed by atoms with E-state index in [0.29, 0.717) is 25.9 Å². The predicted molar refractivity (Wildman–Crippen MR) is 75.6 cm³/mol. The first-order valence-corrected chi connectivity index (χ1v) is 7.60. The van der Waals surface area contributed by atoms with Crippen LogP contribution in [0.4, 0.5) is 4.79 Å². The molecule has 114 valence electrons. The zero-order chi connectivity index (χ0) is 14.5. The minimum absolute atomic E-state index is 0.0880. The Balaban J connectivity index is 1.77. The largest absolute Gasteiger partial charge is 0.481 e. The van der Waals surface area contributed by atoms with Crippen molar-refractivity contribution in [3.8, 4) is 0 Å². The number of hydrogen-bond donors (Lipinski definition) is 1. The lowest BCUT2D eigenvalue weighted by molar-refractivity contribution is -0.143. The molecule has 2 saturated heterocycles. The molecule has 0 spiro atoms. The van der Waals surface area contributed by atoms with Gasteiger partial charge in [0.1, 0.15) is 0 Å². The van der Waals surface area contributed by atoms with Crippen molar-refractivity contribution in [2.45, 2.75) is 26.2 Å². The molecule has 0 aromatic carbocycles. The van der Waals surface area contributed by atoms with E-state index in [1.165, 1.54) is 0 Å². The van der Waals surface area contributed by atoms with Crippen LogP contribution < -0.4 is 0 Å². The van der Waals surface area contributed by atoms with Gasteiger partial charge in [0.25, 0.3) is 0 Å². The summed E-state index contributed by atoms with van der Waals surface area (Å²) in [6.07, 6.45) is 2.31. The van der Waals surface area contributed by atoms with E-state index in [4.69, 9.17) is 5.11 Å². The predicted octanol–water partition coefficient (Wildman–Crippen LogP) is 0.931. The fourth-order valence-electron chi connectivity index (χ4n) is 3.00. The number of piperazine rings is 1. The van der Waals surface area contributed by atoms with E-state index in [1.54, 1.807) is 0 Å². The second-order valence-corrected chi connectivity index (χ2v) is 5.71. The number of aliphatic carboxylic acids is 1. The summed E-state index contributed by atoms with van der Waals surface area (Å²) in [5.74, 6) is -1.01. The number of rotatable bonds is 3. The molecule has 2 fully saturated rings. The number of carboxylic acid groups (broad SMARTS) is 1. The van der Waals surface area contributed by atoms with Gasteiger partial charge in [-0.05, 0) is 25.8 Å². The smallest absolute Gasteiger partial charge is 0.320 e. The van der Waals surface area contributed by atoms with E-state index in [9.17, 15) is 9.59 Å². The number of carbonyl (C=O) groups is 2. The van der Waals surface area contributed by atoms with E-state index in [2.05, 4.69) is 11.8 Å². The molecular weight excluding hydrogens is 258 g/mol. The number of hydrogen-bond acceptors (Lipinski definition) is 3. The summed E-state index contributed by atoms with van der Waals surface area (Å²) in [7, 11) is 0. The van der Waals surface area contributed by atoms with Crippen molar-refractivity contribution in [3.63, 3.8) is 0 Å². The van der Waals surface area contributed by atoms with Crippen molar-refractivity contribution in [1.29, 1.82) is 0 Å². The lowest BCUT2D eigenvalue weighted by atomic mass is 9.97. The summed E-state index contributed by atoms with van der Waals surface area (Å²) < 4.78 is 0. The number of nitrogens with zero attached hydrogens (tertiary/aromatic N) is 3. The molecule has 6 nitrogen and oxygen atoms in total. The average Bonchev–Trinajstić information content (AvgIpc) is 2.48. The van der Waals surface area contributed by atoms with E-state index in [0.717, 1.165) is 39.1 Å². The van der Waals surface area contributed by atoms with Crippen LogP contribution in [0.2, 0.25) is 0 Å². The molecule has 1 N–H and O–H groups in total. The lowest BCUT2D eigenvalue weighted by Gasteiger charge is -2.39. The van der Waals surface area contributed by atoms with Crippen LogP contribution in [0, 0.1) is 5.92 Å². The number of likely N-dealkylation sites (tertiary alicyclic amines) is 1. The molecule has 6 heteroatoms. The van der Waals surface area contributed by atoms with Crippen LogP contribution >= 0.6 is 0 Å². The summed E-state index contributed by atoms with van der Waals surface area (Å²) in [5, 5.41) is 8.97. The van der Waals surface area contributed by atoms with Crippen LogP contribution in [0.15, 0.2) is 0 Å². The van der Waals surface area contributed by atoms with Crippen LogP contribution in [0.3, 0.4) is 0 Å². The highest BCUT2D eigenvalue weighted by molar-refractivity contribution is 5.75.